The molecule has 1 aliphatic heterocycles. The van der Waals surface area contributed by atoms with Gasteiger partial charge in [0.15, 0.2) is 0 Å². The highest BCUT2D eigenvalue weighted by atomic mass is 79.9. The summed E-state index contributed by atoms with van der Waals surface area (Å²) in [7, 11) is 0. The molecule has 3 amide bonds. The molecule has 1 atom stereocenters. The summed E-state index contributed by atoms with van der Waals surface area (Å²) >= 11 is 3.21. The Balaban J connectivity index is 2.26. The normalized spacial score (nSPS) is 23.1. The lowest BCUT2D eigenvalue weighted by atomic mass is 10.0. The predicted octanol–water partition coefficient (Wildman–Crippen LogP) is 2.82. The van der Waals surface area contributed by atoms with Crippen molar-refractivity contribution in [1.29, 1.82) is 0 Å². The number of benzene rings is 1. The van der Waals surface area contributed by atoms with E-state index in [0.29, 0.717) is 21.9 Å². The maximum atomic E-state index is 12.9. The largest absolute Gasteiger partial charge is 0.420 e. The van der Waals surface area contributed by atoms with E-state index in [1.807, 2.05) is 0 Å². The molecule has 1 N–H and O–H groups in total. The molecule has 0 aliphatic carbocycles. The molecule has 1 aliphatic rings. The lowest BCUT2D eigenvalue weighted by Gasteiger charge is -2.24. The van der Waals surface area contributed by atoms with Crippen molar-refractivity contribution in [1.82, 2.24) is 10.2 Å². The molecule has 0 radical (unpaired) electrons. The number of carbonyl (C=O) groups is 2. The Bertz CT molecular complexity index is 576. The Morgan fingerprint density at radius 2 is 2.00 bits per heavy atom. The SMILES string of the molecule is CC1(C(F)(F)F)NC(=O)N(Cc2cccc(Br)c2)C1=O. The first-order valence-electron chi connectivity index (χ1n) is 5.60. The molecule has 0 spiro atoms. The van der Waals surface area contributed by atoms with Gasteiger partial charge in [0.05, 0.1) is 6.54 Å². The summed E-state index contributed by atoms with van der Waals surface area (Å²) in [6.07, 6.45) is -4.84. The Hall–Kier alpha value is -1.57. The van der Waals surface area contributed by atoms with Crippen LogP contribution in [0.4, 0.5) is 18.0 Å². The molecule has 20 heavy (non-hydrogen) atoms. The lowest BCUT2D eigenvalue weighted by molar-refractivity contribution is -0.191. The highest BCUT2D eigenvalue weighted by Crippen LogP contribution is 2.35. The monoisotopic (exact) mass is 350 g/mol. The number of nitrogens with zero attached hydrogens (tertiary/aromatic N) is 1. The van der Waals surface area contributed by atoms with Gasteiger partial charge in [-0.3, -0.25) is 9.69 Å². The minimum absolute atomic E-state index is 0.213. The van der Waals surface area contributed by atoms with E-state index >= 15 is 0 Å². The van der Waals surface area contributed by atoms with Gasteiger partial charge in [0.2, 0.25) is 5.54 Å². The molecule has 1 unspecified atom stereocenters. The van der Waals surface area contributed by atoms with E-state index in [1.54, 1.807) is 29.6 Å². The predicted molar refractivity (Wildman–Crippen MR) is 67.7 cm³/mol. The van der Waals surface area contributed by atoms with Crippen molar-refractivity contribution in [3.05, 3.63) is 34.3 Å². The van der Waals surface area contributed by atoms with Crippen LogP contribution < -0.4 is 5.32 Å². The second-order valence-corrected chi connectivity index (χ2v) is 5.49. The van der Waals surface area contributed by atoms with Gasteiger partial charge in [-0.05, 0) is 24.6 Å². The average molecular weight is 351 g/mol. The molecule has 4 nitrogen and oxygen atoms in total. The van der Waals surface area contributed by atoms with Crippen LogP contribution in [0.25, 0.3) is 0 Å². The van der Waals surface area contributed by atoms with E-state index in [1.165, 1.54) is 0 Å². The number of halogens is 4. The third-order valence-electron chi connectivity index (χ3n) is 3.07. The first-order chi connectivity index (χ1) is 9.15. The fourth-order valence-corrected chi connectivity index (χ4v) is 2.30. The molecule has 0 saturated carbocycles. The lowest BCUT2D eigenvalue weighted by Crippen LogP contribution is -2.56. The van der Waals surface area contributed by atoms with Gasteiger partial charge in [-0.25, -0.2) is 4.79 Å². The smallest absolute Gasteiger partial charge is 0.316 e. The average Bonchev–Trinajstić information content (AvgIpc) is 2.53. The van der Waals surface area contributed by atoms with Gasteiger partial charge in [-0.15, -0.1) is 0 Å². The summed E-state index contributed by atoms with van der Waals surface area (Å²) < 4.78 is 39.3. The molecule has 2 rings (SSSR count). The number of imide groups is 1. The van der Waals surface area contributed by atoms with Crippen molar-refractivity contribution in [3.63, 3.8) is 0 Å². The van der Waals surface area contributed by atoms with Crippen molar-refractivity contribution in [2.24, 2.45) is 0 Å². The second kappa shape index (κ2) is 4.76. The van der Waals surface area contributed by atoms with Crippen LogP contribution in [0.3, 0.4) is 0 Å². The summed E-state index contributed by atoms with van der Waals surface area (Å²) in [5.41, 5.74) is -2.31. The quantitative estimate of drug-likeness (QED) is 0.833. The Kier molecular flexibility index (Phi) is 3.53. The minimum Gasteiger partial charge on any atom is -0.316 e. The van der Waals surface area contributed by atoms with Crippen molar-refractivity contribution in [2.75, 3.05) is 0 Å². The highest BCUT2D eigenvalue weighted by Gasteiger charge is 2.64. The van der Waals surface area contributed by atoms with Crippen molar-refractivity contribution >= 4 is 27.9 Å². The van der Waals surface area contributed by atoms with Gasteiger partial charge < -0.3 is 5.32 Å². The first kappa shape index (κ1) is 14.8. The zero-order valence-corrected chi connectivity index (χ0v) is 11.9. The fraction of sp³-hybridized carbons (Fsp3) is 0.333. The number of amides is 3. The van der Waals surface area contributed by atoms with E-state index in [0.717, 1.165) is 0 Å². The molecule has 0 aromatic heterocycles. The zero-order valence-electron chi connectivity index (χ0n) is 10.3. The Labute approximate surface area is 121 Å². The highest BCUT2D eigenvalue weighted by molar-refractivity contribution is 9.10. The van der Waals surface area contributed by atoms with Crippen LogP contribution in [0.1, 0.15) is 12.5 Å². The molecule has 1 heterocycles. The molecule has 108 valence electrons. The molecular weight excluding hydrogens is 341 g/mol. The van der Waals surface area contributed by atoms with Crippen LogP contribution in [-0.2, 0) is 11.3 Å². The molecule has 0 bridgehead atoms. The number of hydrogen-bond donors (Lipinski definition) is 1. The third kappa shape index (κ3) is 2.39. The number of nitrogens with one attached hydrogen (secondary N) is 1. The van der Waals surface area contributed by atoms with Crippen LogP contribution in [-0.4, -0.2) is 28.6 Å². The maximum absolute atomic E-state index is 12.9. The van der Waals surface area contributed by atoms with E-state index in [-0.39, 0.29) is 6.54 Å². The number of carbonyl (C=O) groups excluding carboxylic acids is 2. The summed E-state index contributed by atoms with van der Waals surface area (Å²) in [6, 6.07) is 5.60. The van der Waals surface area contributed by atoms with Crippen LogP contribution in [0, 0.1) is 0 Å². The Morgan fingerprint density at radius 1 is 1.35 bits per heavy atom. The standard InChI is InChI=1S/C12H10BrF3N2O2/c1-11(12(14,15)16)9(19)18(10(20)17-11)6-7-3-2-4-8(13)5-7/h2-5H,6H2,1H3,(H,17,20). The van der Waals surface area contributed by atoms with Gasteiger partial charge >= 0.3 is 12.2 Å². The number of urea groups is 1. The van der Waals surface area contributed by atoms with E-state index in [9.17, 15) is 22.8 Å². The van der Waals surface area contributed by atoms with Crippen LogP contribution in [0.15, 0.2) is 28.7 Å². The van der Waals surface area contributed by atoms with Crippen LogP contribution in [0.5, 0.6) is 0 Å². The van der Waals surface area contributed by atoms with Gasteiger partial charge in [0, 0.05) is 4.47 Å². The number of hydrogen-bond acceptors (Lipinski definition) is 2. The van der Waals surface area contributed by atoms with E-state index < -0.39 is 23.7 Å². The second-order valence-electron chi connectivity index (χ2n) is 4.57. The van der Waals surface area contributed by atoms with E-state index in [4.69, 9.17) is 0 Å². The summed E-state index contributed by atoms with van der Waals surface area (Å²) in [5.74, 6) is -1.30. The van der Waals surface area contributed by atoms with Crippen LogP contribution in [0.2, 0.25) is 0 Å². The van der Waals surface area contributed by atoms with E-state index in [2.05, 4.69) is 15.9 Å². The maximum Gasteiger partial charge on any atom is 0.420 e. The summed E-state index contributed by atoms with van der Waals surface area (Å²) in [5, 5.41) is 1.71. The van der Waals surface area contributed by atoms with Crippen molar-refractivity contribution in [2.45, 2.75) is 25.2 Å². The Morgan fingerprint density at radius 3 is 2.50 bits per heavy atom. The number of rotatable bonds is 2. The van der Waals surface area contributed by atoms with Crippen LogP contribution >= 0.6 is 15.9 Å². The summed E-state index contributed by atoms with van der Waals surface area (Å²) in [6.45, 7) is 0.448. The molecule has 1 saturated heterocycles. The van der Waals surface area contributed by atoms with Gasteiger partial charge in [-0.1, -0.05) is 28.1 Å². The van der Waals surface area contributed by atoms with Crippen molar-refractivity contribution < 1.29 is 22.8 Å². The number of alkyl halides is 3. The third-order valence-corrected chi connectivity index (χ3v) is 3.56. The molecule has 1 aromatic carbocycles. The fourth-order valence-electron chi connectivity index (χ4n) is 1.85. The molecule has 1 fully saturated rings. The zero-order chi connectivity index (χ0) is 15.1. The van der Waals surface area contributed by atoms with Gasteiger partial charge in [0.25, 0.3) is 5.91 Å². The van der Waals surface area contributed by atoms with Crippen molar-refractivity contribution in [3.8, 4) is 0 Å². The summed E-state index contributed by atoms with van der Waals surface area (Å²) in [4.78, 5) is 24.1. The van der Waals surface area contributed by atoms with Gasteiger partial charge in [0.1, 0.15) is 0 Å². The molecular formula is C12H10BrF3N2O2. The topological polar surface area (TPSA) is 49.4 Å². The van der Waals surface area contributed by atoms with Gasteiger partial charge in [-0.2, -0.15) is 13.2 Å². The molecule has 8 heteroatoms. The minimum atomic E-state index is -4.84. The molecule has 1 aromatic rings. The first-order valence-corrected chi connectivity index (χ1v) is 6.40.